The third-order valence-electron chi connectivity index (χ3n) is 4.78. The number of aryl methyl sites for hydroxylation is 1. The number of esters is 2. The summed E-state index contributed by atoms with van der Waals surface area (Å²) in [5.74, 6) is -2.37. The Morgan fingerprint density at radius 1 is 1.03 bits per heavy atom. The number of ketones is 1. The van der Waals surface area contributed by atoms with Crippen molar-refractivity contribution >= 4 is 23.6 Å². The van der Waals surface area contributed by atoms with E-state index in [4.69, 9.17) is 9.47 Å². The molecule has 8 heteroatoms. The van der Waals surface area contributed by atoms with E-state index in [0.29, 0.717) is 22.4 Å². The van der Waals surface area contributed by atoms with Crippen molar-refractivity contribution in [2.75, 3.05) is 13.2 Å². The number of nitrogens with one attached hydrogen (secondary N) is 2. The topological polar surface area (TPSA) is 115 Å². The molecule has 1 aromatic heterocycles. The summed E-state index contributed by atoms with van der Waals surface area (Å²) in [6.45, 7) is 8.22. The highest BCUT2D eigenvalue weighted by Crippen LogP contribution is 2.20. The van der Waals surface area contributed by atoms with E-state index in [2.05, 4.69) is 10.3 Å². The van der Waals surface area contributed by atoms with Gasteiger partial charge in [0.2, 0.25) is 5.78 Å². The minimum atomic E-state index is -0.915. The van der Waals surface area contributed by atoms with Gasteiger partial charge in [-0.15, -0.1) is 0 Å². The second-order valence-corrected chi connectivity index (χ2v) is 7.44. The van der Waals surface area contributed by atoms with Gasteiger partial charge < -0.3 is 19.8 Å². The maximum absolute atomic E-state index is 12.6. The quantitative estimate of drug-likeness (QED) is 0.469. The Bertz CT molecular complexity index is 962. The van der Waals surface area contributed by atoms with Crippen LogP contribution < -0.4 is 5.32 Å². The number of aromatic amines is 1. The molecular formula is C23H28N2O6. The molecule has 166 valence electrons. The van der Waals surface area contributed by atoms with Crippen LogP contribution in [0.4, 0.5) is 0 Å². The number of aromatic nitrogens is 1. The Hall–Kier alpha value is -3.42. The zero-order valence-corrected chi connectivity index (χ0v) is 18.4. The molecule has 1 unspecified atom stereocenters. The summed E-state index contributed by atoms with van der Waals surface area (Å²) < 4.78 is 10.2. The van der Waals surface area contributed by atoms with Crippen LogP contribution in [-0.4, -0.2) is 47.9 Å². The number of carbonyl (C=O) groups is 4. The van der Waals surface area contributed by atoms with Crippen molar-refractivity contribution in [1.82, 2.24) is 10.3 Å². The van der Waals surface area contributed by atoms with Crippen molar-refractivity contribution < 1.29 is 28.7 Å². The van der Waals surface area contributed by atoms with Crippen LogP contribution in [0.5, 0.6) is 0 Å². The molecule has 0 fully saturated rings. The summed E-state index contributed by atoms with van der Waals surface area (Å²) in [6, 6.07) is 7.59. The molecule has 2 N–H and O–H groups in total. The lowest BCUT2D eigenvalue weighted by Crippen LogP contribution is -2.45. The summed E-state index contributed by atoms with van der Waals surface area (Å²) in [7, 11) is 0. The second-order valence-electron chi connectivity index (χ2n) is 7.44. The molecule has 1 amide bonds. The molecular weight excluding hydrogens is 400 g/mol. The summed E-state index contributed by atoms with van der Waals surface area (Å²) >= 11 is 0. The number of amides is 1. The van der Waals surface area contributed by atoms with Gasteiger partial charge in [-0.1, -0.05) is 32.0 Å². The average Bonchev–Trinajstić information content (AvgIpc) is 3.04. The lowest BCUT2D eigenvalue weighted by molar-refractivity contribution is -0.145. The first-order valence-corrected chi connectivity index (χ1v) is 10.1. The normalized spacial score (nSPS) is 11.7. The Morgan fingerprint density at radius 2 is 1.68 bits per heavy atom. The fraction of sp³-hybridized carbons (Fsp3) is 0.391. The molecule has 1 heterocycles. The van der Waals surface area contributed by atoms with Crippen molar-refractivity contribution in [3.63, 3.8) is 0 Å². The third-order valence-corrected chi connectivity index (χ3v) is 4.78. The Balaban J connectivity index is 2.06. The van der Waals surface area contributed by atoms with Gasteiger partial charge in [0.25, 0.3) is 5.91 Å². The van der Waals surface area contributed by atoms with Crippen molar-refractivity contribution in [3.05, 3.63) is 58.4 Å². The summed E-state index contributed by atoms with van der Waals surface area (Å²) in [6.07, 6.45) is 0. The first-order valence-electron chi connectivity index (χ1n) is 10.1. The van der Waals surface area contributed by atoms with E-state index < -0.39 is 36.3 Å². The van der Waals surface area contributed by atoms with Gasteiger partial charge in [0, 0.05) is 11.3 Å². The number of H-pyrrole nitrogens is 1. The molecule has 0 bridgehead atoms. The molecule has 1 atom stereocenters. The highest BCUT2D eigenvalue weighted by molar-refractivity contribution is 6.03. The van der Waals surface area contributed by atoms with Gasteiger partial charge in [0.1, 0.15) is 6.04 Å². The van der Waals surface area contributed by atoms with Gasteiger partial charge in [-0.2, -0.15) is 0 Å². The molecule has 1 aromatic carbocycles. The van der Waals surface area contributed by atoms with E-state index in [0.717, 1.165) is 0 Å². The third kappa shape index (κ3) is 5.81. The number of carbonyl (C=O) groups excluding carboxylic acids is 4. The van der Waals surface area contributed by atoms with Crippen LogP contribution in [0.3, 0.4) is 0 Å². The van der Waals surface area contributed by atoms with Crippen LogP contribution in [0.1, 0.15) is 63.2 Å². The van der Waals surface area contributed by atoms with Crippen LogP contribution in [0, 0.1) is 19.8 Å². The lowest BCUT2D eigenvalue weighted by atomic mass is 10.0. The van der Waals surface area contributed by atoms with Crippen molar-refractivity contribution in [3.8, 4) is 0 Å². The smallest absolute Gasteiger partial charge is 0.340 e. The molecule has 0 radical (unpaired) electrons. The zero-order chi connectivity index (χ0) is 23.1. The maximum Gasteiger partial charge on any atom is 0.340 e. The van der Waals surface area contributed by atoms with E-state index in [-0.39, 0.29) is 18.2 Å². The second kappa shape index (κ2) is 10.6. The summed E-state index contributed by atoms with van der Waals surface area (Å²) in [5.41, 5.74) is 1.84. The van der Waals surface area contributed by atoms with Crippen molar-refractivity contribution in [2.45, 2.75) is 40.7 Å². The molecule has 2 aromatic rings. The van der Waals surface area contributed by atoms with E-state index in [1.165, 1.54) is 0 Å². The van der Waals surface area contributed by atoms with E-state index in [9.17, 15) is 19.2 Å². The fourth-order valence-electron chi connectivity index (χ4n) is 3.15. The molecule has 31 heavy (non-hydrogen) atoms. The number of hydrogen-bond acceptors (Lipinski definition) is 6. The SMILES string of the molecule is CCOC(=O)c1c(C)[nH]c(C(=O)COC(=O)C(NC(=O)c2ccccc2)C(C)C)c1C. The molecule has 0 aliphatic heterocycles. The van der Waals surface area contributed by atoms with Crippen LogP contribution in [0.25, 0.3) is 0 Å². The molecule has 0 saturated heterocycles. The Morgan fingerprint density at radius 3 is 2.26 bits per heavy atom. The molecule has 0 aliphatic rings. The highest BCUT2D eigenvalue weighted by Gasteiger charge is 2.28. The van der Waals surface area contributed by atoms with Gasteiger partial charge in [0.05, 0.1) is 17.9 Å². The monoisotopic (exact) mass is 428 g/mol. The average molecular weight is 428 g/mol. The summed E-state index contributed by atoms with van der Waals surface area (Å²) in [5, 5.41) is 2.66. The number of Topliss-reactive ketones (excluding diaryl/α,β-unsaturated/α-hetero) is 1. The minimum absolute atomic E-state index is 0.183. The largest absolute Gasteiger partial charge is 0.462 e. The van der Waals surface area contributed by atoms with Gasteiger partial charge in [-0.3, -0.25) is 9.59 Å². The van der Waals surface area contributed by atoms with Crippen LogP contribution in [0.15, 0.2) is 30.3 Å². The predicted molar refractivity (Wildman–Crippen MR) is 114 cm³/mol. The lowest BCUT2D eigenvalue weighted by Gasteiger charge is -2.20. The van der Waals surface area contributed by atoms with Gasteiger partial charge >= 0.3 is 11.9 Å². The number of hydrogen-bond donors (Lipinski definition) is 2. The van der Waals surface area contributed by atoms with E-state index >= 15 is 0 Å². The maximum atomic E-state index is 12.6. The highest BCUT2D eigenvalue weighted by atomic mass is 16.5. The van der Waals surface area contributed by atoms with Crippen LogP contribution in [-0.2, 0) is 14.3 Å². The van der Waals surface area contributed by atoms with Gasteiger partial charge in [-0.05, 0) is 44.4 Å². The zero-order valence-electron chi connectivity index (χ0n) is 18.4. The standard InChI is InChI=1S/C23H28N2O6/c1-6-30-22(28)18-14(4)20(24-15(18)5)17(26)12-31-23(29)19(13(2)3)25-21(27)16-10-8-7-9-11-16/h7-11,13,19,24H,6,12H2,1-5H3,(H,25,27). The Labute approximate surface area is 181 Å². The first kappa shape index (κ1) is 23.9. The van der Waals surface area contributed by atoms with Gasteiger partial charge in [-0.25, -0.2) is 9.59 Å². The van der Waals surface area contributed by atoms with Crippen LogP contribution in [0.2, 0.25) is 0 Å². The van der Waals surface area contributed by atoms with Crippen molar-refractivity contribution in [2.24, 2.45) is 5.92 Å². The fourth-order valence-corrected chi connectivity index (χ4v) is 3.15. The van der Waals surface area contributed by atoms with E-state index in [1.807, 2.05) is 0 Å². The molecule has 0 aliphatic carbocycles. The molecule has 8 nitrogen and oxygen atoms in total. The first-order chi connectivity index (χ1) is 14.7. The molecule has 2 rings (SSSR count). The van der Waals surface area contributed by atoms with Gasteiger partial charge in [0.15, 0.2) is 6.61 Å². The van der Waals surface area contributed by atoms with Crippen molar-refractivity contribution in [1.29, 1.82) is 0 Å². The van der Waals surface area contributed by atoms with E-state index in [1.54, 1.807) is 65.0 Å². The predicted octanol–water partition coefficient (Wildman–Crippen LogP) is 2.99. The molecule has 0 spiro atoms. The minimum Gasteiger partial charge on any atom is -0.462 e. The van der Waals surface area contributed by atoms with Crippen LogP contribution >= 0.6 is 0 Å². The number of ether oxygens (including phenoxy) is 2. The Kier molecular flexibility index (Phi) is 8.13. The molecule has 0 saturated carbocycles. The summed E-state index contributed by atoms with van der Waals surface area (Å²) in [4.78, 5) is 52.5. The number of rotatable bonds is 9. The number of benzene rings is 1.